The molecule has 1 aromatic heterocycles. The van der Waals surface area contributed by atoms with E-state index in [1.807, 2.05) is 72.3 Å². The maximum absolute atomic E-state index is 12.4. The number of aromatic nitrogens is 2. The summed E-state index contributed by atoms with van der Waals surface area (Å²) in [5, 5.41) is 7.62. The van der Waals surface area contributed by atoms with Gasteiger partial charge in [-0.2, -0.15) is 5.10 Å². The molecule has 29 heavy (non-hydrogen) atoms. The van der Waals surface area contributed by atoms with E-state index >= 15 is 0 Å². The van der Waals surface area contributed by atoms with Crippen molar-refractivity contribution in [1.82, 2.24) is 15.1 Å². The predicted octanol–water partition coefficient (Wildman–Crippen LogP) is 4.82. The summed E-state index contributed by atoms with van der Waals surface area (Å²) in [6, 6.07) is 30.0. The number of carbonyl (C=O) groups excluding carboxylic acids is 1. The Morgan fingerprint density at radius 2 is 1.55 bits per heavy atom. The first-order chi connectivity index (χ1) is 14.2. The lowest BCUT2D eigenvalue weighted by atomic mass is 10.1. The lowest BCUT2D eigenvalue weighted by molar-refractivity contribution is 0.0954. The Bertz CT molecular complexity index is 1080. The van der Waals surface area contributed by atoms with E-state index in [0.717, 1.165) is 29.1 Å². The SMILES string of the molecule is Cc1cc(-c2ccccc2)n(-c2ccc(C(=O)NCCc3ccccc3)cc2)n1. The van der Waals surface area contributed by atoms with E-state index in [9.17, 15) is 4.79 Å². The van der Waals surface area contributed by atoms with Crippen molar-refractivity contribution in [3.05, 3.63) is 108 Å². The molecule has 1 N–H and O–H groups in total. The number of nitrogens with zero attached hydrogens (tertiary/aromatic N) is 2. The molecule has 3 aromatic carbocycles. The Balaban J connectivity index is 1.46. The van der Waals surface area contributed by atoms with Gasteiger partial charge in [-0.05, 0) is 49.2 Å². The van der Waals surface area contributed by atoms with Crippen molar-refractivity contribution in [2.24, 2.45) is 0 Å². The Labute approximate surface area is 170 Å². The lowest BCUT2D eigenvalue weighted by Gasteiger charge is -2.09. The monoisotopic (exact) mass is 381 g/mol. The highest BCUT2D eigenvalue weighted by molar-refractivity contribution is 5.94. The van der Waals surface area contributed by atoms with Crippen LogP contribution in [0.25, 0.3) is 16.9 Å². The molecule has 1 heterocycles. The first-order valence-corrected chi connectivity index (χ1v) is 9.75. The maximum Gasteiger partial charge on any atom is 0.251 e. The topological polar surface area (TPSA) is 46.9 Å². The van der Waals surface area contributed by atoms with Crippen molar-refractivity contribution in [3.8, 4) is 16.9 Å². The van der Waals surface area contributed by atoms with Gasteiger partial charge in [0.05, 0.1) is 17.1 Å². The van der Waals surface area contributed by atoms with Gasteiger partial charge in [-0.1, -0.05) is 60.7 Å². The van der Waals surface area contributed by atoms with Gasteiger partial charge in [0.2, 0.25) is 0 Å². The molecule has 0 aliphatic heterocycles. The minimum absolute atomic E-state index is 0.0626. The van der Waals surface area contributed by atoms with Crippen LogP contribution in [0.15, 0.2) is 91.0 Å². The van der Waals surface area contributed by atoms with Crippen LogP contribution >= 0.6 is 0 Å². The number of hydrogen-bond acceptors (Lipinski definition) is 2. The summed E-state index contributed by atoms with van der Waals surface area (Å²) in [4.78, 5) is 12.4. The standard InChI is InChI=1S/C25H23N3O/c1-19-18-24(21-10-6-3-7-11-21)28(27-19)23-14-12-22(13-15-23)25(29)26-17-16-20-8-4-2-5-9-20/h2-15,18H,16-17H2,1H3,(H,26,29). The van der Waals surface area contributed by atoms with Crippen molar-refractivity contribution in [2.75, 3.05) is 6.54 Å². The second-order valence-corrected chi connectivity index (χ2v) is 6.99. The molecule has 0 saturated heterocycles. The predicted molar refractivity (Wildman–Crippen MR) is 116 cm³/mol. The Kier molecular flexibility index (Phi) is 5.52. The summed E-state index contributed by atoms with van der Waals surface area (Å²) < 4.78 is 1.92. The molecule has 0 atom stereocenters. The summed E-state index contributed by atoms with van der Waals surface area (Å²) in [6.45, 7) is 2.60. The van der Waals surface area contributed by atoms with Gasteiger partial charge in [0, 0.05) is 17.7 Å². The number of benzene rings is 3. The first-order valence-electron chi connectivity index (χ1n) is 9.75. The molecule has 0 saturated carbocycles. The first kappa shape index (κ1) is 18.7. The number of hydrogen-bond donors (Lipinski definition) is 1. The zero-order valence-corrected chi connectivity index (χ0v) is 16.4. The summed E-state index contributed by atoms with van der Waals surface area (Å²) in [6.07, 6.45) is 0.817. The van der Waals surface area contributed by atoms with Crippen molar-refractivity contribution in [2.45, 2.75) is 13.3 Å². The van der Waals surface area contributed by atoms with E-state index in [1.165, 1.54) is 5.56 Å². The number of aryl methyl sites for hydroxylation is 1. The minimum Gasteiger partial charge on any atom is -0.352 e. The summed E-state index contributed by atoms with van der Waals surface area (Å²) in [5.41, 5.74) is 5.88. The van der Waals surface area contributed by atoms with Gasteiger partial charge in [-0.3, -0.25) is 4.79 Å². The van der Waals surface area contributed by atoms with Gasteiger partial charge in [-0.15, -0.1) is 0 Å². The molecule has 4 aromatic rings. The van der Waals surface area contributed by atoms with Crippen molar-refractivity contribution < 1.29 is 4.79 Å². The zero-order valence-electron chi connectivity index (χ0n) is 16.4. The molecule has 4 nitrogen and oxygen atoms in total. The zero-order chi connectivity index (χ0) is 20.1. The van der Waals surface area contributed by atoms with E-state index in [0.29, 0.717) is 12.1 Å². The molecule has 4 rings (SSSR count). The second-order valence-electron chi connectivity index (χ2n) is 6.99. The van der Waals surface area contributed by atoms with Crippen LogP contribution in [0.2, 0.25) is 0 Å². The Morgan fingerprint density at radius 1 is 0.897 bits per heavy atom. The molecular formula is C25H23N3O. The highest BCUT2D eigenvalue weighted by Crippen LogP contribution is 2.23. The molecule has 0 fully saturated rings. The van der Waals surface area contributed by atoms with E-state index in [4.69, 9.17) is 0 Å². The third-order valence-electron chi connectivity index (χ3n) is 4.82. The fourth-order valence-corrected chi connectivity index (χ4v) is 3.33. The van der Waals surface area contributed by atoms with Gasteiger partial charge in [0.25, 0.3) is 5.91 Å². The molecule has 4 heteroatoms. The molecule has 0 spiro atoms. The van der Waals surface area contributed by atoms with E-state index in [2.05, 4.69) is 40.7 Å². The third-order valence-corrected chi connectivity index (χ3v) is 4.82. The molecule has 0 unspecified atom stereocenters. The molecule has 0 aliphatic carbocycles. The molecular weight excluding hydrogens is 358 g/mol. The minimum atomic E-state index is -0.0626. The largest absolute Gasteiger partial charge is 0.352 e. The van der Waals surface area contributed by atoms with Gasteiger partial charge in [0.15, 0.2) is 0 Å². The maximum atomic E-state index is 12.4. The molecule has 144 valence electrons. The van der Waals surface area contributed by atoms with E-state index in [-0.39, 0.29) is 5.91 Å². The Hall–Kier alpha value is -3.66. The molecule has 0 aliphatic rings. The van der Waals surface area contributed by atoms with Crippen molar-refractivity contribution in [1.29, 1.82) is 0 Å². The number of nitrogens with one attached hydrogen (secondary N) is 1. The van der Waals surface area contributed by atoms with Crippen molar-refractivity contribution in [3.63, 3.8) is 0 Å². The molecule has 0 radical (unpaired) electrons. The van der Waals surface area contributed by atoms with Gasteiger partial charge >= 0.3 is 0 Å². The van der Waals surface area contributed by atoms with Crippen molar-refractivity contribution >= 4 is 5.91 Å². The number of amides is 1. The summed E-state index contributed by atoms with van der Waals surface area (Å²) >= 11 is 0. The van der Waals surface area contributed by atoms with E-state index in [1.54, 1.807) is 0 Å². The van der Waals surface area contributed by atoms with Crippen LogP contribution in [-0.4, -0.2) is 22.2 Å². The summed E-state index contributed by atoms with van der Waals surface area (Å²) in [7, 11) is 0. The fourth-order valence-electron chi connectivity index (χ4n) is 3.33. The normalized spacial score (nSPS) is 10.7. The van der Waals surface area contributed by atoms with Crippen LogP contribution in [0.4, 0.5) is 0 Å². The quantitative estimate of drug-likeness (QED) is 0.520. The van der Waals surface area contributed by atoms with Crippen LogP contribution in [0, 0.1) is 6.92 Å². The second kappa shape index (κ2) is 8.57. The number of carbonyl (C=O) groups is 1. The smallest absolute Gasteiger partial charge is 0.251 e. The summed E-state index contributed by atoms with van der Waals surface area (Å²) in [5.74, 6) is -0.0626. The Morgan fingerprint density at radius 3 is 2.24 bits per heavy atom. The van der Waals surface area contributed by atoms with Gasteiger partial charge in [0.1, 0.15) is 0 Å². The highest BCUT2D eigenvalue weighted by atomic mass is 16.1. The third kappa shape index (κ3) is 4.43. The van der Waals surface area contributed by atoms with E-state index < -0.39 is 0 Å². The number of rotatable bonds is 6. The van der Waals surface area contributed by atoms with Crippen LogP contribution < -0.4 is 5.32 Å². The van der Waals surface area contributed by atoms with Crippen LogP contribution in [0.5, 0.6) is 0 Å². The molecule has 1 amide bonds. The average Bonchev–Trinajstić information content (AvgIpc) is 3.17. The van der Waals surface area contributed by atoms with Crippen LogP contribution in [0.1, 0.15) is 21.6 Å². The lowest BCUT2D eigenvalue weighted by Crippen LogP contribution is -2.25. The highest BCUT2D eigenvalue weighted by Gasteiger charge is 2.11. The van der Waals surface area contributed by atoms with Crippen LogP contribution in [-0.2, 0) is 6.42 Å². The fraction of sp³-hybridized carbons (Fsp3) is 0.120. The average molecular weight is 381 g/mol. The van der Waals surface area contributed by atoms with Gasteiger partial charge < -0.3 is 5.32 Å². The van der Waals surface area contributed by atoms with Gasteiger partial charge in [-0.25, -0.2) is 4.68 Å². The molecule has 0 bridgehead atoms. The van der Waals surface area contributed by atoms with Crippen LogP contribution in [0.3, 0.4) is 0 Å².